The van der Waals surface area contributed by atoms with Crippen LogP contribution in [0.25, 0.3) is 11.1 Å². The third-order valence-corrected chi connectivity index (χ3v) is 6.81. The number of thiophene rings is 1. The summed E-state index contributed by atoms with van der Waals surface area (Å²) in [5, 5.41) is 5.20. The van der Waals surface area contributed by atoms with Gasteiger partial charge in [0.25, 0.3) is 0 Å². The van der Waals surface area contributed by atoms with Crippen LogP contribution in [0.15, 0.2) is 46.3 Å². The minimum atomic E-state index is -3.69. The Labute approximate surface area is 174 Å². The molecule has 0 radical (unpaired) electrons. The van der Waals surface area contributed by atoms with E-state index in [0.29, 0.717) is 16.9 Å². The minimum absolute atomic E-state index is 0.0868. The van der Waals surface area contributed by atoms with Crippen molar-refractivity contribution in [2.45, 2.75) is 11.9 Å². The first-order valence-electron chi connectivity index (χ1n) is 8.19. The van der Waals surface area contributed by atoms with Crippen molar-refractivity contribution >= 4 is 37.3 Å². The molecule has 0 bridgehead atoms. The molecule has 1 aliphatic rings. The fourth-order valence-corrected chi connectivity index (χ4v) is 5.46. The molecule has 28 heavy (non-hydrogen) atoms. The van der Waals surface area contributed by atoms with Crippen LogP contribution in [-0.4, -0.2) is 15.5 Å². The first kappa shape index (κ1) is 19.4. The molecular weight excluding hydrogens is 469 g/mol. The third-order valence-electron chi connectivity index (χ3n) is 4.41. The van der Waals surface area contributed by atoms with Gasteiger partial charge in [0.2, 0.25) is 10.0 Å². The number of ether oxygens (including phenoxy) is 2. The van der Waals surface area contributed by atoms with E-state index < -0.39 is 21.9 Å². The topological polar surface area (TPSA) is 78.6 Å². The van der Waals surface area contributed by atoms with E-state index in [1.54, 1.807) is 24.3 Å². The first-order valence-corrected chi connectivity index (χ1v) is 11.5. The highest BCUT2D eigenvalue weighted by Gasteiger charge is 2.32. The second-order valence-corrected chi connectivity index (χ2v) is 10.4. The Morgan fingerprint density at radius 3 is 2.68 bits per heavy atom. The van der Waals surface area contributed by atoms with Crippen LogP contribution in [0.3, 0.4) is 0 Å². The van der Waals surface area contributed by atoms with E-state index in [-0.39, 0.29) is 11.5 Å². The summed E-state index contributed by atoms with van der Waals surface area (Å²) in [6.07, 6.45) is -0.464. The van der Waals surface area contributed by atoms with Crippen LogP contribution in [0, 0.1) is 5.82 Å². The SMILES string of the molecule is COc1c(F)ccc2c1-c1ccc(CS(N)(=O)=O)cc1C(c1ccc(Br)s1)O2. The molecule has 2 aromatic carbocycles. The summed E-state index contributed by atoms with van der Waals surface area (Å²) < 4.78 is 49.8. The van der Waals surface area contributed by atoms with Crippen LogP contribution < -0.4 is 14.6 Å². The van der Waals surface area contributed by atoms with Gasteiger partial charge in [-0.1, -0.05) is 18.2 Å². The van der Waals surface area contributed by atoms with Crippen LogP contribution in [-0.2, 0) is 15.8 Å². The molecule has 9 heteroatoms. The monoisotopic (exact) mass is 483 g/mol. The Hall–Kier alpha value is -1.94. The number of hydrogen-bond donors (Lipinski definition) is 1. The van der Waals surface area contributed by atoms with Gasteiger partial charge in [-0.05, 0) is 51.3 Å². The maximum absolute atomic E-state index is 14.3. The van der Waals surface area contributed by atoms with Crippen molar-refractivity contribution < 1.29 is 22.3 Å². The summed E-state index contributed by atoms with van der Waals surface area (Å²) in [4.78, 5) is 0.926. The number of benzene rings is 2. The van der Waals surface area contributed by atoms with Crippen molar-refractivity contribution in [3.05, 3.63) is 68.1 Å². The van der Waals surface area contributed by atoms with Gasteiger partial charge in [0.15, 0.2) is 17.7 Å². The fourth-order valence-electron chi connectivity index (χ4n) is 3.34. The molecule has 0 saturated heterocycles. The average molecular weight is 484 g/mol. The summed E-state index contributed by atoms with van der Waals surface area (Å²) in [5.74, 6) is -0.209. The fraction of sp³-hybridized carbons (Fsp3) is 0.158. The zero-order chi connectivity index (χ0) is 20.1. The molecule has 1 unspecified atom stereocenters. The lowest BCUT2D eigenvalue weighted by Crippen LogP contribution is -2.18. The van der Waals surface area contributed by atoms with Crippen LogP contribution in [0.4, 0.5) is 4.39 Å². The van der Waals surface area contributed by atoms with E-state index in [1.807, 2.05) is 12.1 Å². The lowest BCUT2D eigenvalue weighted by molar-refractivity contribution is 0.245. The molecule has 0 fully saturated rings. The van der Waals surface area contributed by atoms with Gasteiger partial charge in [0, 0.05) is 5.56 Å². The maximum Gasteiger partial charge on any atom is 0.213 e. The quantitative estimate of drug-likeness (QED) is 0.588. The van der Waals surface area contributed by atoms with Crippen LogP contribution in [0.1, 0.15) is 22.1 Å². The zero-order valence-electron chi connectivity index (χ0n) is 14.6. The number of sulfonamides is 1. The molecule has 0 spiro atoms. The number of fused-ring (bicyclic) bond motifs is 3. The number of hydrogen-bond acceptors (Lipinski definition) is 5. The Balaban J connectivity index is 1.95. The van der Waals surface area contributed by atoms with Gasteiger partial charge in [-0.15, -0.1) is 11.3 Å². The molecule has 0 saturated carbocycles. The van der Waals surface area contributed by atoms with E-state index in [9.17, 15) is 12.8 Å². The Morgan fingerprint density at radius 1 is 1.25 bits per heavy atom. The number of halogens is 2. The van der Waals surface area contributed by atoms with E-state index >= 15 is 0 Å². The molecule has 0 aliphatic carbocycles. The molecule has 5 nitrogen and oxygen atoms in total. The third kappa shape index (κ3) is 3.55. The molecule has 1 atom stereocenters. The Kier molecular flexibility index (Phi) is 4.95. The van der Waals surface area contributed by atoms with Gasteiger partial charge in [-0.2, -0.15) is 0 Å². The minimum Gasteiger partial charge on any atom is -0.493 e. The molecule has 1 aromatic heterocycles. The molecule has 3 aromatic rings. The van der Waals surface area contributed by atoms with Gasteiger partial charge < -0.3 is 9.47 Å². The molecule has 2 heterocycles. The molecule has 2 N–H and O–H groups in total. The Bertz CT molecular complexity index is 1180. The van der Waals surface area contributed by atoms with Crippen LogP contribution >= 0.6 is 27.3 Å². The second kappa shape index (κ2) is 7.14. The number of rotatable bonds is 4. The van der Waals surface area contributed by atoms with Crippen molar-refractivity contribution in [3.8, 4) is 22.6 Å². The largest absolute Gasteiger partial charge is 0.493 e. The summed E-state index contributed by atoms with van der Waals surface area (Å²) in [6, 6.07) is 11.9. The van der Waals surface area contributed by atoms with Gasteiger partial charge >= 0.3 is 0 Å². The molecule has 0 amide bonds. The molecule has 1 aliphatic heterocycles. The van der Waals surface area contributed by atoms with E-state index in [1.165, 1.54) is 24.5 Å². The van der Waals surface area contributed by atoms with Crippen molar-refractivity contribution in [1.82, 2.24) is 0 Å². The summed E-state index contributed by atoms with van der Waals surface area (Å²) in [6.45, 7) is 0. The van der Waals surface area contributed by atoms with E-state index in [0.717, 1.165) is 19.8 Å². The second-order valence-electron chi connectivity index (χ2n) is 6.32. The number of nitrogens with two attached hydrogens (primary N) is 1. The smallest absolute Gasteiger partial charge is 0.213 e. The normalized spacial score (nSPS) is 15.5. The van der Waals surface area contributed by atoms with Crippen molar-refractivity contribution in [1.29, 1.82) is 0 Å². The predicted octanol–water partition coefficient (Wildman–Crippen LogP) is 4.60. The summed E-state index contributed by atoms with van der Waals surface area (Å²) >= 11 is 4.96. The lowest BCUT2D eigenvalue weighted by Gasteiger charge is -2.30. The lowest BCUT2D eigenvalue weighted by atomic mass is 9.90. The van der Waals surface area contributed by atoms with E-state index in [2.05, 4.69) is 15.9 Å². The average Bonchev–Trinajstić information content (AvgIpc) is 3.05. The van der Waals surface area contributed by atoms with Crippen LogP contribution in [0.5, 0.6) is 11.5 Å². The summed E-state index contributed by atoms with van der Waals surface area (Å²) in [7, 11) is -2.29. The Morgan fingerprint density at radius 2 is 2.04 bits per heavy atom. The maximum atomic E-state index is 14.3. The highest BCUT2D eigenvalue weighted by molar-refractivity contribution is 9.11. The number of primary sulfonamides is 1. The molecule has 146 valence electrons. The predicted molar refractivity (Wildman–Crippen MR) is 110 cm³/mol. The first-order chi connectivity index (χ1) is 13.3. The zero-order valence-corrected chi connectivity index (χ0v) is 17.8. The highest BCUT2D eigenvalue weighted by Crippen LogP contribution is 2.50. The van der Waals surface area contributed by atoms with Gasteiger partial charge in [-0.25, -0.2) is 17.9 Å². The summed E-state index contributed by atoms with van der Waals surface area (Å²) in [5.41, 5.74) is 2.49. The van der Waals surface area contributed by atoms with Crippen molar-refractivity contribution in [2.24, 2.45) is 5.14 Å². The van der Waals surface area contributed by atoms with E-state index in [4.69, 9.17) is 14.6 Å². The van der Waals surface area contributed by atoms with Gasteiger partial charge in [0.05, 0.1) is 27.1 Å². The highest BCUT2D eigenvalue weighted by atomic mass is 79.9. The molecular formula is C19H15BrFNO4S2. The van der Waals surface area contributed by atoms with Crippen molar-refractivity contribution in [2.75, 3.05) is 7.11 Å². The standard InChI is InChI=1S/C19H15BrFNO4S2/c1-25-19-13(21)4-5-14-17(19)11-3-2-10(9-28(22,23)24)8-12(11)18(26-14)15-6-7-16(20)27-15/h2-8,18H,9H2,1H3,(H2,22,23,24). The van der Waals surface area contributed by atoms with Crippen LogP contribution in [0.2, 0.25) is 0 Å². The van der Waals surface area contributed by atoms with Crippen molar-refractivity contribution in [3.63, 3.8) is 0 Å². The number of methoxy groups -OCH3 is 1. The van der Waals surface area contributed by atoms with Gasteiger partial charge in [0.1, 0.15) is 5.75 Å². The van der Waals surface area contributed by atoms with Gasteiger partial charge in [-0.3, -0.25) is 0 Å². The molecule has 4 rings (SSSR count).